The summed E-state index contributed by atoms with van der Waals surface area (Å²) < 4.78 is 0. The highest BCUT2D eigenvalue weighted by molar-refractivity contribution is 6.42. The van der Waals surface area contributed by atoms with Crippen molar-refractivity contribution < 1.29 is 14.7 Å². The number of carboxylic acids is 1. The van der Waals surface area contributed by atoms with Gasteiger partial charge in [0.25, 0.3) is 0 Å². The van der Waals surface area contributed by atoms with Crippen molar-refractivity contribution >= 4 is 52.2 Å². The molecule has 1 amide bonds. The van der Waals surface area contributed by atoms with Gasteiger partial charge in [0.2, 0.25) is 5.91 Å². The third-order valence-corrected chi connectivity index (χ3v) is 4.15. The first-order chi connectivity index (χ1) is 12.0. The van der Waals surface area contributed by atoms with Gasteiger partial charge in [-0.1, -0.05) is 47.5 Å². The van der Waals surface area contributed by atoms with Crippen molar-refractivity contribution in [2.45, 2.75) is 5.92 Å². The lowest BCUT2D eigenvalue weighted by molar-refractivity contribution is -0.129. The summed E-state index contributed by atoms with van der Waals surface area (Å²) in [6.07, 6.45) is 2.74. The van der Waals surface area contributed by atoms with Crippen LogP contribution in [0.2, 0.25) is 10.0 Å². The molecule has 5 nitrogen and oxygen atoms in total. The van der Waals surface area contributed by atoms with E-state index in [1.54, 1.807) is 30.3 Å². The zero-order chi connectivity index (χ0) is 18.0. The van der Waals surface area contributed by atoms with Crippen LogP contribution in [0.15, 0.2) is 59.6 Å². The fraction of sp³-hybridized carbons (Fsp3) is 0.0556. The zero-order valence-corrected chi connectivity index (χ0v) is 14.3. The van der Waals surface area contributed by atoms with E-state index in [-0.39, 0.29) is 11.6 Å². The number of allylic oxidation sites excluding steroid dienone is 1. The van der Waals surface area contributed by atoms with Crippen LogP contribution in [0.5, 0.6) is 0 Å². The van der Waals surface area contributed by atoms with Crippen LogP contribution >= 0.6 is 23.2 Å². The number of para-hydroxylation sites is 1. The van der Waals surface area contributed by atoms with Gasteiger partial charge in [-0.05, 0) is 24.3 Å². The summed E-state index contributed by atoms with van der Waals surface area (Å²) in [5.74, 6) is -2.28. The van der Waals surface area contributed by atoms with Crippen LogP contribution in [0.1, 0.15) is 11.5 Å². The van der Waals surface area contributed by atoms with Crippen LogP contribution in [0.3, 0.4) is 0 Å². The largest absolute Gasteiger partial charge is 0.477 e. The van der Waals surface area contributed by atoms with Gasteiger partial charge in [0.05, 0.1) is 11.6 Å². The van der Waals surface area contributed by atoms with Crippen LogP contribution in [-0.2, 0) is 9.59 Å². The zero-order valence-electron chi connectivity index (χ0n) is 12.7. The molecule has 0 fully saturated rings. The van der Waals surface area contributed by atoms with E-state index in [1.807, 2.05) is 6.07 Å². The van der Waals surface area contributed by atoms with Crippen molar-refractivity contribution in [2.24, 2.45) is 4.99 Å². The highest BCUT2D eigenvalue weighted by Crippen LogP contribution is 2.43. The quantitative estimate of drug-likeness (QED) is 0.776. The summed E-state index contributed by atoms with van der Waals surface area (Å²) in [5.41, 5.74) is 1.45. The van der Waals surface area contributed by atoms with Gasteiger partial charge in [-0.3, -0.25) is 4.79 Å². The number of rotatable bonds is 4. The number of amides is 1. The van der Waals surface area contributed by atoms with E-state index in [1.165, 1.54) is 18.2 Å². The first kappa shape index (κ1) is 17.2. The molecule has 1 atom stereocenters. The van der Waals surface area contributed by atoms with Gasteiger partial charge in [-0.15, -0.1) is 0 Å². The van der Waals surface area contributed by atoms with Crippen molar-refractivity contribution in [3.05, 3.63) is 70.2 Å². The van der Waals surface area contributed by atoms with Crippen LogP contribution in [0.25, 0.3) is 0 Å². The van der Waals surface area contributed by atoms with Crippen molar-refractivity contribution in [3.63, 3.8) is 0 Å². The maximum absolute atomic E-state index is 12.1. The second kappa shape index (κ2) is 7.09. The number of nitrogens with one attached hydrogen (secondary N) is 1. The van der Waals surface area contributed by atoms with Gasteiger partial charge in [0.15, 0.2) is 0 Å². The molecule has 0 radical (unpaired) electrons. The summed E-state index contributed by atoms with van der Waals surface area (Å²) in [6.45, 7) is 0. The third kappa shape index (κ3) is 3.73. The average molecular weight is 375 g/mol. The molecule has 126 valence electrons. The molecular formula is C18H12Cl2N2O3. The standard InChI is InChI=1S/C18H12Cl2N2O3/c19-10-8-13(20)16-12(17(18(24)25)22-14(16)9-10)6-7-15(23)21-11-4-2-1-3-5-11/h1-9,12H,(H,21,23)(H,24,25)/b7-6-. The Morgan fingerprint density at radius 2 is 1.88 bits per heavy atom. The molecule has 1 aliphatic heterocycles. The molecule has 0 aromatic heterocycles. The lowest BCUT2D eigenvalue weighted by Gasteiger charge is -2.10. The van der Waals surface area contributed by atoms with Gasteiger partial charge >= 0.3 is 5.97 Å². The molecule has 0 saturated heterocycles. The number of hydrogen-bond donors (Lipinski definition) is 2. The predicted octanol–water partition coefficient (Wildman–Crippen LogP) is 4.44. The molecule has 1 unspecified atom stereocenters. The number of carbonyl (C=O) groups is 2. The summed E-state index contributed by atoms with van der Waals surface area (Å²) in [6, 6.07) is 12.0. The van der Waals surface area contributed by atoms with E-state index in [0.29, 0.717) is 27.0 Å². The fourth-order valence-electron chi connectivity index (χ4n) is 2.56. The van der Waals surface area contributed by atoms with Crippen molar-refractivity contribution in [1.82, 2.24) is 0 Å². The lowest BCUT2D eigenvalue weighted by Crippen LogP contribution is -2.18. The number of halogens is 2. The Morgan fingerprint density at radius 1 is 1.16 bits per heavy atom. The molecule has 0 bridgehead atoms. The highest BCUT2D eigenvalue weighted by Gasteiger charge is 2.32. The molecule has 0 saturated carbocycles. The number of benzene rings is 2. The molecule has 1 aliphatic rings. The second-order valence-corrected chi connectivity index (χ2v) is 6.16. The summed E-state index contributed by atoms with van der Waals surface area (Å²) in [7, 11) is 0. The van der Waals surface area contributed by atoms with E-state index < -0.39 is 11.9 Å². The van der Waals surface area contributed by atoms with Crippen LogP contribution < -0.4 is 5.32 Å². The molecule has 2 aromatic rings. The fourth-order valence-corrected chi connectivity index (χ4v) is 3.17. The molecule has 1 heterocycles. The molecule has 0 spiro atoms. The summed E-state index contributed by atoms with van der Waals surface area (Å²) >= 11 is 12.1. The van der Waals surface area contributed by atoms with Crippen LogP contribution in [0.4, 0.5) is 11.4 Å². The monoisotopic (exact) mass is 374 g/mol. The van der Waals surface area contributed by atoms with Crippen LogP contribution in [0, 0.1) is 0 Å². The Bertz CT molecular complexity index is 908. The minimum absolute atomic E-state index is 0.108. The summed E-state index contributed by atoms with van der Waals surface area (Å²) in [4.78, 5) is 27.6. The minimum Gasteiger partial charge on any atom is -0.477 e. The second-order valence-electron chi connectivity index (χ2n) is 5.31. The topological polar surface area (TPSA) is 78.8 Å². The molecule has 0 aliphatic carbocycles. The molecular weight excluding hydrogens is 363 g/mol. The number of hydrogen-bond acceptors (Lipinski definition) is 3. The smallest absolute Gasteiger partial charge is 0.351 e. The average Bonchev–Trinajstić information content (AvgIpc) is 2.93. The number of carbonyl (C=O) groups excluding carboxylic acids is 1. The van der Waals surface area contributed by atoms with Crippen molar-refractivity contribution in [1.29, 1.82) is 0 Å². The number of aliphatic imine (C=N–C) groups is 1. The first-order valence-corrected chi connectivity index (χ1v) is 8.06. The normalized spacial score (nSPS) is 15.8. The molecule has 7 heteroatoms. The van der Waals surface area contributed by atoms with E-state index in [2.05, 4.69) is 10.3 Å². The van der Waals surface area contributed by atoms with Gasteiger partial charge in [-0.2, -0.15) is 0 Å². The summed E-state index contributed by atoms with van der Waals surface area (Å²) in [5, 5.41) is 12.7. The first-order valence-electron chi connectivity index (χ1n) is 7.31. The van der Waals surface area contributed by atoms with E-state index in [0.717, 1.165) is 0 Å². The van der Waals surface area contributed by atoms with Crippen molar-refractivity contribution in [3.8, 4) is 0 Å². The minimum atomic E-state index is -1.18. The molecule has 2 N–H and O–H groups in total. The van der Waals surface area contributed by atoms with E-state index in [4.69, 9.17) is 23.2 Å². The maximum Gasteiger partial charge on any atom is 0.351 e. The Kier molecular flexibility index (Phi) is 4.88. The van der Waals surface area contributed by atoms with E-state index in [9.17, 15) is 14.7 Å². The van der Waals surface area contributed by atoms with Crippen molar-refractivity contribution in [2.75, 3.05) is 5.32 Å². The number of fused-ring (bicyclic) bond motifs is 1. The highest BCUT2D eigenvalue weighted by atomic mass is 35.5. The number of carboxylic acid groups (broad SMARTS) is 1. The molecule has 3 rings (SSSR count). The Morgan fingerprint density at radius 3 is 2.56 bits per heavy atom. The van der Waals surface area contributed by atoms with Gasteiger partial charge in [0, 0.05) is 27.4 Å². The van der Waals surface area contributed by atoms with Gasteiger partial charge in [-0.25, -0.2) is 9.79 Å². The third-order valence-electron chi connectivity index (χ3n) is 3.62. The predicted molar refractivity (Wildman–Crippen MR) is 98.1 cm³/mol. The molecule has 25 heavy (non-hydrogen) atoms. The van der Waals surface area contributed by atoms with E-state index >= 15 is 0 Å². The Balaban J connectivity index is 1.87. The van der Waals surface area contributed by atoms with Gasteiger partial charge in [0.1, 0.15) is 5.71 Å². The Labute approximate surface area is 153 Å². The number of aliphatic carboxylic acids is 1. The Hall–Kier alpha value is -2.63. The molecule has 2 aromatic carbocycles. The van der Waals surface area contributed by atoms with Crippen LogP contribution in [-0.4, -0.2) is 22.7 Å². The SMILES string of the molecule is O=C(/C=C\C1C(C(=O)O)=Nc2cc(Cl)cc(Cl)c21)Nc1ccccc1. The number of nitrogens with zero attached hydrogens (tertiary/aromatic N) is 1. The maximum atomic E-state index is 12.1. The van der Waals surface area contributed by atoms with Gasteiger partial charge < -0.3 is 10.4 Å². The number of anilines is 1. The lowest BCUT2D eigenvalue weighted by atomic mass is 9.95.